The summed E-state index contributed by atoms with van der Waals surface area (Å²) in [7, 11) is 0. The average molecular weight is 273 g/mol. The molecule has 104 valence electrons. The molecule has 0 saturated heterocycles. The Labute approximate surface area is 113 Å². The summed E-state index contributed by atoms with van der Waals surface area (Å²) in [6.07, 6.45) is 7.17. The van der Waals surface area contributed by atoms with Crippen molar-refractivity contribution in [3.63, 3.8) is 0 Å². The van der Waals surface area contributed by atoms with Crippen LogP contribution in [0.1, 0.15) is 39.0 Å². The van der Waals surface area contributed by atoms with Crippen molar-refractivity contribution >= 4 is 23.5 Å². The van der Waals surface area contributed by atoms with Gasteiger partial charge in [0.1, 0.15) is 0 Å². The van der Waals surface area contributed by atoms with Gasteiger partial charge in [0.15, 0.2) is 5.84 Å². The predicted molar refractivity (Wildman–Crippen MR) is 74.9 cm³/mol. The molecule has 0 heterocycles. The highest BCUT2D eigenvalue weighted by Crippen LogP contribution is 2.27. The van der Waals surface area contributed by atoms with Gasteiger partial charge in [-0.2, -0.15) is 11.8 Å². The minimum Gasteiger partial charge on any atom is -0.409 e. The SMILES string of the molecule is CCC(C(=O)NC1CCCCC1SC)C(N)=NO. The number of carbonyl (C=O) groups is 1. The van der Waals surface area contributed by atoms with E-state index >= 15 is 0 Å². The molecule has 1 aliphatic carbocycles. The number of hydrogen-bond acceptors (Lipinski definition) is 4. The number of thioether (sulfide) groups is 1. The van der Waals surface area contributed by atoms with Gasteiger partial charge in [0, 0.05) is 11.3 Å². The van der Waals surface area contributed by atoms with Crippen LogP contribution in [-0.2, 0) is 4.79 Å². The van der Waals surface area contributed by atoms with E-state index in [1.165, 1.54) is 6.42 Å². The molecule has 0 aromatic rings. The lowest BCUT2D eigenvalue weighted by Gasteiger charge is -2.31. The number of amidine groups is 1. The maximum atomic E-state index is 12.1. The number of rotatable bonds is 5. The summed E-state index contributed by atoms with van der Waals surface area (Å²) in [5, 5.41) is 15.1. The molecule has 0 aromatic carbocycles. The first kappa shape index (κ1) is 15.1. The van der Waals surface area contributed by atoms with Crippen LogP contribution < -0.4 is 11.1 Å². The number of nitrogens with one attached hydrogen (secondary N) is 1. The number of oxime groups is 1. The van der Waals surface area contributed by atoms with Crippen molar-refractivity contribution in [2.45, 2.75) is 50.3 Å². The molecule has 3 unspecified atom stereocenters. The largest absolute Gasteiger partial charge is 0.409 e. The van der Waals surface area contributed by atoms with Crippen molar-refractivity contribution < 1.29 is 10.0 Å². The standard InChI is InChI=1S/C12H23N3O2S/c1-3-8(11(13)15-17)12(16)14-9-6-4-5-7-10(9)18-2/h8-10,17H,3-7H2,1-2H3,(H2,13,15)(H,14,16). The molecule has 3 atom stereocenters. The van der Waals surface area contributed by atoms with Crippen LogP contribution in [0, 0.1) is 5.92 Å². The third-order valence-corrected chi connectivity index (χ3v) is 4.70. The van der Waals surface area contributed by atoms with Crippen LogP contribution in [0.4, 0.5) is 0 Å². The minimum atomic E-state index is -0.528. The van der Waals surface area contributed by atoms with E-state index in [0.717, 1.165) is 19.3 Å². The fraction of sp³-hybridized carbons (Fsp3) is 0.833. The van der Waals surface area contributed by atoms with Gasteiger partial charge in [-0.25, -0.2) is 0 Å². The lowest BCUT2D eigenvalue weighted by atomic mass is 9.93. The first-order chi connectivity index (χ1) is 8.63. The number of amides is 1. The van der Waals surface area contributed by atoms with E-state index in [9.17, 15) is 4.79 Å². The second-order valence-corrected chi connectivity index (χ2v) is 5.74. The van der Waals surface area contributed by atoms with Crippen molar-refractivity contribution in [1.29, 1.82) is 0 Å². The van der Waals surface area contributed by atoms with E-state index in [-0.39, 0.29) is 17.8 Å². The van der Waals surface area contributed by atoms with Gasteiger partial charge in [-0.3, -0.25) is 4.79 Å². The molecule has 0 aromatic heterocycles. The number of hydrogen-bond donors (Lipinski definition) is 3. The summed E-state index contributed by atoms with van der Waals surface area (Å²) >= 11 is 1.80. The van der Waals surface area contributed by atoms with Gasteiger partial charge in [0.2, 0.25) is 5.91 Å². The van der Waals surface area contributed by atoms with Gasteiger partial charge in [-0.15, -0.1) is 0 Å². The third-order valence-electron chi connectivity index (χ3n) is 3.53. The number of carbonyl (C=O) groups excluding carboxylic acids is 1. The highest BCUT2D eigenvalue weighted by Gasteiger charge is 2.29. The maximum absolute atomic E-state index is 12.1. The molecule has 0 spiro atoms. The van der Waals surface area contributed by atoms with Crippen LogP contribution in [0.5, 0.6) is 0 Å². The molecule has 1 fully saturated rings. The van der Waals surface area contributed by atoms with E-state index in [0.29, 0.717) is 11.7 Å². The van der Waals surface area contributed by atoms with Gasteiger partial charge in [-0.1, -0.05) is 24.9 Å². The molecule has 18 heavy (non-hydrogen) atoms. The van der Waals surface area contributed by atoms with Gasteiger partial charge < -0.3 is 16.3 Å². The van der Waals surface area contributed by atoms with Gasteiger partial charge in [-0.05, 0) is 25.5 Å². The lowest BCUT2D eigenvalue weighted by Crippen LogP contribution is -2.48. The molecule has 0 aliphatic heterocycles. The van der Waals surface area contributed by atoms with Crippen LogP contribution in [-0.4, -0.2) is 34.5 Å². The summed E-state index contributed by atoms with van der Waals surface area (Å²) in [4.78, 5) is 12.1. The Balaban J connectivity index is 2.61. The summed E-state index contributed by atoms with van der Waals surface area (Å²) < 4.78 is 0. The van der Waals surface area contributed by atoms with E-state index in [1.54, 1.807) is 11.8 Å². The molecule has 0 bridgehead atoms. The molecular weight excluding hydrogens is 250 g/mol. The normalized spacial score (nSPS) is 26.7. The molecule has 1 saturated carbocycles. The molecule has 6 heteroatoms. The van der Waals surface area contributed by atoms with Gasteiger partial charge in [0.25, 0.3) is 0 Å². The van der Waals surface area contributed by atoms with Crippen LogP contribution >= 0.6 is 11.8 Å². The van der Waals surface area contributed by atoms with E-state index in [4.69, 9.17) is 10.9 Å². The maximum Gasteiger partial charge on any atom is 0.231 e. The fourth-order valence-corrected chi connectivity index (χ4v) is 3.36. The fourth-order valence-electron chi connectivity index (χ4n) is 2.43. The smallest absolute Gasteiger partial charge is 0.231 e. The highest BCUT2D eigenvalue weighted by atomic mass is 32.2. The Hall–Kier alpha value is -0.910. The second kappa shape index (κ2) is 7.51. The van der Waals surface area contributed by atoms with Crippen LogP contribution in [0.3, 0.4) is 0 Å². The van der Waals surface area contributed by atoms with E-state index in [2.05, 4.69) is 16.7 Å². The summed E-state index contributed by atoms with van der Waals surface area (Å²) in [6, 6.07) is 0.210. The topological polar surface area (TPSA) is 87.7 Å². The van der Waals surface area contributed by atoms with Crippen LogP contribution in [0.2, 0.25) is 0 Å². The zero-order valence-electron chi connectivity index (χ0n) is 11.1. The zero-order chi connectivity index (χ0) is 13.5. The van der Waals surface area contributed by atoms with Crippen LogP contribution in [0.25, 0.3) is 0 Å². The van der Waals surface area contributed by atoms with Crippen molar-refractivity contribution in [2.75, 3.05) is 6.26 Å². The average Bonchev–Trinajstić information content (AvgIpc) is 2.39. The molecule has 1 amide bonds. The quantitative estimate of drug-likeness (QED) is 0.307. The Bertz CT molecular complexity index is 310. The Morgan fingerprint density at radius 2 is 2.22 bits per heavy atom. The Kier molecular flexibility index (Phi) is 6.32. The molecule has 0 radical (unpaired) electrons. The van der Waals surface area contributed by atoms with E-state index in [1.807, 2.05) is 6.92 Å². The molecular formula is C12H23N3O2S. The van der Waals surface area contributed by atoms with E-state index < -0.39 is 5.92 Å². The van der Waals surface area contributed by atoms with Crippen molar-refractivity contribution in [2.24, 2.45) is 16.8 Å². The number of nitrogens with zero attached hydrogens (tertiary/aromatic N) is 1. The third kappa shape index (κ3) is 3.80. The Morgan fingerprint density at radius 3 is 2.78 bits per heavy atom. The highest BCUT2D eigenvalue weighted by molar-refractivity contribution is 7.99. The zero-order valence-corrected chi connectivity index (χ0v) is 11.9. The number of nitrogens with two attached hydrogens (primary N) is 1. The van der Waals surface area contributed by atoms with Gasteiger partial charge >= 0.3 is 0 Å². The summed E-state index contributed by atoms with van der Waals surface area (Å²) in [5.41, 5.74) is 5.53. The minimum absolute atomic E-state index is 0.00786. The summed E-state index contributed by atoms with van der Waals surface area (Å²) in [6.45, 7) is 1.86. The van der Waals surface area contributed by atoms with Crippen LogP contribution in [0.15, 0.2) is 5.16 Å². The second-order valence-electron chi connectivity index (χ2n) is 4.66. The first-order valence-electron chi connectivity index (χ1n) is 6.44. The monoisotopic (exact) mass is 273 g/mol. The van der Waals surface area contributed by atoms with Crippen molar-refractivity contribution in [3.8, 4) is 0 Å². The first-order valence-corrected chi connectivity index (χ1v) is 7.73. The molecule has 4 N–H and O–H groups in total. The lowest BCUT2D eigenvalue weighted by molar-refractivity contribution is -0.124. The van der Waals surface area contributed by atoms with Gasteiger partial charge in [0.05, 0.1) is 5.92 Å². The Morgan fingerprint density at radius 1 is 1.56 bits per heavy atom. The molecule has 5 nitrogen and oxygen atoms in total. The summed E-state index contributed by atoms with van der Waals surface area (Å²) in [5.74, 6) is -0.662. The van der Waals surface area contributed by atoms with Crippen molar-refractivity contribution in [3.05, 3.63) is 0 Å². The molecule has 1 aliphatic rings. The van der Waals surface area contributed by atoms with Crippen molar-refractivity contribution in [1.82, 2.24) is 5.32 Å². The molecule has 1 rings (SSSR count). The predicted octanol–water partition coefficient (Wildman–Crippen LogP) is 1.55.